The summed E-state index contributed by atoms with van der Waals surface area (Å²) < 4.78 is 42.5. The standard InChI is InChI=1S/C10H9F3O2/c1-5(14)7-3-6(10(12)13)4-8(11)9(7)15-2/h3-4,10H,1-2H3. The SMILES string of the molecule is COc1c(F)cc(C(F)F)cc1C(C)=O. The Bertz CT molecular complexity index is 388. The van der Waals surface area contributed by atoms with Gasteiger partial charge in [-0.25, -0.2) is 13.2 Å². The van der Waals surface area contributed by atoms with Crippen molar-refractivity contribution in [1.29, 1.82) is 0 Å². The first-order chi connectivity index (χ1) is 6.97. The van der Waals surface area contributed by atoms with E-state index in [-0.39, 0.29) is 11.3 Å². The van der Waals surface area contributed by atoms with Crippen molar-refractivity contribution >= 4 is 5.78 Å². The molecule has 1 rings (SSSR count). The maximum atomic E-state index is 13.2. The molecule has 1 aromatic rings. The Hall–Kier alpha value is -1.52. The molecular weight excluding hydrogens is 209 g/mol. The number of halogens is 3. The number of methoxy groups -OCH3 is 1. The molecule has 0 aliphatic heterocycles. The molecule has 0 saturated carbocycles. The van der Waals surface area contributed by atoms with E-state index < -0.39 is 23.6 Å². The minimum Gasteiger partial charge on any atom is -0.493 e. The number of ketones is 1. The van der Waals surface area contributed by atoms with Crippen LogP contribution in [0.1, 0.15) is 29.3 Å². The lowest BCUT2D eigenvalue weighted by atomic mass is 10.1. The van der Waals surface area contributed by atoms with Gasteiger partial charge in [0.2, 0.25) is 0 Å². The third-order valence-corrected chi connectivity index (χ3v) is 1.90. The van der Waals surface area contributed by atoms with E-state index >= 15 is 0 Å². The van der Waals surface area contributed by atoms with Crippen LogP contribution in [0.2, 0.25) is 0 Å². The summed E-state index contributed by atoms with van der Waals surface area (Å²) in [6, 6.07) is 1.60. The van der Waals surface area contributed by atoms with Crippen molar-refractivity contribution in [3.05, 3.63) is 29.1 Å². The van der Waals surface area contributed by atoms with Crippen molar-refractivity contribution in [2.75, 3.05) is 7.11 Å². The molecule has 82 valence electrons. The number of hydrogen-bond donors (Lipinski definition) is 0. The summed E-state index contributed by atoms with van der Waals surface area (Å²) in [6.45, 7) is 1.16. The largest absolute Gasteiger partial charge is 0.493 e. The zero-order chi connectivity index (χ0) is 11.6. The fraction of sp³-hybridized carbons (Fsp3) is 0.300. The Morgan fingerprint density at radius 1 is 1.40 bits per heavy atom. The van der Waals surface area contributed by atoms with Crippen molar-refractivity contribution in [3.63, 3.8) is 0 Å². The lowest BCUT2D eigenvalue weighted by molar-refractivity contribution is 0.101. The lowest BCUT2D eigenvalue weighted by Gasteiger charge is -2.09. The first-order valence-electron chi connectivity index (χ1n) is 4.14. The highest BCUT2D eigenvalue weighted by Gasteiger charge is 2.18. The second-order valence-electron chi connectivity index (χ2n) is 2.94. The lowest BCUT2D eigenvalue weighted by Crippen LogP contribution is -2.02. The molecule has 0 unspecified atom stereocenters. The number of carbonyl (C=O) groups is 1. The fourth-order valence-corrected chi connectivity index (χ4v) is 1.21. The normalized spacial score (nSPS) is 10.5. The molecule has 0 aromatic heterocycles. The third-order valence-electron chi connectivity index (χ3n) is 1.90. The van der Waals surface area contributed by atoms with E-state index in [9.17, 15) is 18.0 Å². The smallest absolute Gasteiger partial charge is 0.263 e. The van der Waals surface area contributed by atoms with Crippen LogP contribution >= 0.6 is 0 Å². The van der Waals surface area contributed by atoms with Crippen LogP contribution in [0.25, 0.3) is 0 Å². The molecule has 0 fully saturated rings. The van der Waals surface area contributed by atoms with Gasteiger partial charge in [-0.3, -0.25) is 4.79 Å². The Balaban J connectivity index is 3.38. The van der Waals surface area contributed by atoms with Gasteiger partial charge in [0.15, 0.2) is 17.3 Å². The van der Waals surface area contributed by atoms with Gasteiger partial charge in [-0.1, -0.05) is 0 Å². The molecular formula is C10H9F3O2. The van der Waals surface area contributed by atoms with Crippen LogP contribution in [0.3, 0.4) is 0 Å². The summed E-state index contributed by atoms with van der Waals surface area (Å²) in [7, 11) is 1.17. The zero-order valence-electron chi connectivity index (χ0n) is 8.18. The van der Waals surface area contributed by atoms with Crippen molar-refractivity contribution in [1.82, 2.24) is 0 Å². The van der Waals surface area contributed by atoms with Gasteiger partial charge in [-0.2, -0.15) is 0 Å². The maximum Gasteiger partial charge on any atom is 0.263 e. The molecule has 5 heteroatoms. The highest BCUT2D eigenvalue weighted by atomic mass is 19.3. The van der Waals surface area contributed by atoms with Gasteiger partial charge < -0.3 is 4.74 Å². The van der Waals surface area contributed by atoms with Crippen LogP contribution in [0.5, 0.6) is 5.75 Å². The van der Waals surface area contributed by atoms with Crippen molar-refractivity contribution in [2.45, 2.75) is 13.3 Å². The van der Waals surface area contributed by atoms with Crippen LogP contribution in [0, 0.1) is 5.82 Å². The summed E-state index contributed by atoms with van der Waals surface area (Å²) >= 11 is 0. The monoisotopic (exact) mass is 218 g/mol. The average molecular weight is 218 g/mol. The van der Waals surface area contributed by atoms with Crippen LogP contribution in [-0.4, -0.2) is 12.9 Å². The molecule has 2 nitrogen and oxygen atoms in total. The molecule has 0 saturated heterocycles. The first-order valence-corrected chi connectivity index (χ1v) is 4.14. The molecule has 0 spiro atoms. The van der Waals surface area contributed by atoms with Gasteiger partial charge in [0.25, 0.3) is 6.43 Å². The number of ether oxygens (including phenoxy) is 1. The molecule has 15 heavy (non-hydrogen) atoms. The Morgan fingerprint density at radius 2 is 2.00 bits per heavy atom. The van der Waals surface area contributed by atoms with Crippen molar-refractivity contribution in [3.8, 4) is 5.75 Å². The Labute approximate surface area is 84.7 Å². The van der Waals surface area contributed by atoms with E-state index in [4.69, 9.17) is 0 Å². The van der Waals surface area contributed by atoms with E-state index in [2.05, 4.69) is 4.74 Å². The van der Waals surface area contributed by atoms with Gasteiger partial charge in [0.1, 0.15) is 0 Å². The fourth-order valence-electron chi connectivity index (χ4n) is 1.21. The average Bonchev–Trinajstić information content (AvgIpc) is 2.16. The van der Waals surface area contributed by atoms with Crippen LogP contribution in [0.4, 0.5) is 13.2 Å². The molecule has 0 radical (unpaired) electrons. The van der Waals surface area contributed by atoms with Gasteiger partial charge in [-0.05, 0) is 19.1 Å². The van der Waals surface area contributed by atoms with Gasteiger partial charge in [-0.15, -0.1) is 0 Å². The molecule has 0 aliphatic carbocycles. The van der Waals surface area contributed by atoms with E-state index in [1.807, 2.05) is 0 Å². The van der Waals surface area contributed by atoms with Gasteiger partial charge >= 0.3 is 0 Å². The molecule has 0 aliphatic rings. The summed E-state index contributed by atoms with van der Waals surface area (Å²) in [5, 5.41) is 0. The van der Waals surface area contributed by atoms with E-state index in [1.165, 1.54) is 7.11 Å². The molecule has 0 bridgehead atoms. The summed E-state index contributed by atoms with van der Waals surface area (Å²) in [5.74, 6) is -1.78. The first kappa shape index (κ1) is 11.6. The number of alkyl halides is 2. The predicted octanol–water partition coefficient (Wildman–Crippen LogP) is 2.97. The quantitative estimate of drug-likeness (QED) is 0.729. The second kappa shape index (κ2) is 4.33. The minimum atomic E-state index is -2.82. The molecule has 1 aromatic carbocycles. The summed E-state index contributed by atoms with van der Waals surface area (Å²) in [5.41, 5.74) is -0.702. The second-order valence-corrected chi connectivity index (χ2v) is 2.94. The third kappa shape index (κ3) is 2.29. The number of Topliss-reactive ketones (excluding diaryl/α,β-unsaturated/α-hetero) is 1. The topological polar surface area (TPSA) is 26.3 Å². The highest BCUT2D eigenvalue weighted by molar-refractivity contribution is 5.97. The molecule has 0 heterocycles. The van der Waals surface area contributed by atoms with E-state index in [0.29, 0.717) is 6.07 Å². The number of benzene rings is 1. The minimum absolute atomic E-state index is 0.173. The van der Waals surface area contributed by atoms with Gasteiger partial charge in [0.05, 0.1) is 12.7 Å². The van der Waals surface area contributed by atoms with E-state index in [1.54, 1.807) is 0 Å². The number of hydrogen-bond acceptors (Lipinski definition) is 2. The van der Waals surface area contributed by atoms with Crippen LogP contribution in [-0.2, 0) is 0 Å². The van der Waals surface area contributed by atoms with Crippen molar-refractivity contribution < 1.29 is 22.7 Å². The Morgan fingerprint density at radius 3 is 2.40 bits per heavy atom. The highest BCUT2D eigenvalue weighted by Crippen LogP contribution is 2.29. The van der Waals surface area contributed by atoms with E-state index in [0.717, 1.165) is 13.0 Å². The maximum absolute atomic E-state index is 13.2. The van der Waals surface area contributed by atoms with Crippen LogP contribution in [0.15, 0.2) is 12.1 Å². The summed E-state index contributed by atoms with van der Waals surface area (Å²) in [4.78, 5) is 11.1. The number of rotatable bonds is 3. The molecule has 0 atom stereocenters. The number of carbonyl (C=O) groups excluding carboxylic acids is 1. The summed E-state index contributed by atoms with van der Waals surface area (Å²) in [6.07, 6.45) is -2.82. The zero-order valence-corrected chi connectivity index (χ0v) is 8.18. The van der Waals surface area contributed by atoms with Crippen molar-refractivity contribution in [2.24, 2.45) is 0 Å². The molecule has 0 amide bonds. The Kier molecular flexibility index (Phi) is 3.34. The molecule has 0 N–H and O–H groups in total. The van der Waals surface area contributed by atoms with Gasteiger partial charge in [0, 0.05) is 5.56 Å². The predicted molar refractivity (Wildman–Crippen MR) is 47.9 cm³/mol. The van der Waals surface area contributed by atoms with Crippen LogP contribution < -0.4 is 4.74 Å².